The second kappa shape index (κ2) is 7.22. The lowest BCUT2D eigenvalue weighted by molar-refractivity contribution is -0.162. The van der Waals surface area contributed by atoms with E-state index < -0.39 is 0 Å². The first-order chi connectivity index (χ1) is 14.0. The summed E-state index contributed by atoms with van der Waals surface area (Å²) < 4.78 is 0. The first kappa shape index (κ1) is 19.8. The zero-order chi connectivity index (χ0) is 20.1. The number of nitrogens with two attached hydrogens (primary N) is 1. The van der Waals surface area contributed by atoms with E-state index in [0.29, 0.717) is 23.0 Å². The molecule has 5 aliphatic rings. The molecule has 4 bridgehead atoms. The summed E-state index contributed by atoms with van der Waals surface area (Å²) in [5.41, 5.74) is 8.03. The van der Waals surface area contributed by atoms with Gasteiger partial charge in [0, 0.05) is 11.8 Å². The van der Waals surface area contributed by atoms with Crippen molar-refractivity contribution < 1.29 is 4.79 Å². The van der Waals surface area contributed by atoms with Gasteiger partial charge in [-0.1, -0.05) is 43.7 Å². The van der Waals surface area contributed by atoms with Crippen molar-refractivity contribution >= 4 is 5.78 Å². The number of carbonyl (C=O) groups excluding carboxylic acids is 1. The van der Waals surface area contributed by atoms with Crippen molar-refractivity contribution in [3.63, 3.8) is 0 Å². The molecule has 6 rings (SSSR count). The molecule has 4 unspecified atom stereocenters. The third kappa shape index (κ3) is 3.30. The van der Waals surface area contributed by atoms with E-state index in [0.717, 1.165) is 25.3 Å². The van der Waals surface area contributed by atoms with Crippen molar-refractivity contribution in [2.45, 2.75) is 89.4 Å². The van der Waals surface area contributed by atoms with Gasteiger partial charge >= 0.3 is 0 Å². The summed E-state index contributed by atoms with van der Waals surface area (Å²) in [6.07, 6.45) is 14.5. The smallest absolute Gasteiger partial charge is 0.139 e. The Bertz CT molecular complexity index is 751. The fourth-order valence-corrected chi connectivity index (χ4v) is 8.61. The van der Waals surface area contributed by atoms with Crippen LogP contribution in [0.5, 0.6) is 0 Å². The molecule has 5 aliphatic carbocycles. The minimum atomic E-state index is -0.0318. The predicted octanol–water partition coefficient (Wildman–Crippen LogP) is 6.03. The lowest BCUT2D eigenvalue weighted by atomic mass is 9.37. The Labute approximate surface area is 177 Å². The monoisotopic (exact) mass is 393 g/mol. The maximum atomic E-state index is 13.9. The summed E-state index contributed by atoms with van der Waals surface area (Å²) in [5, 5.41) is 0. The number of hydrogen-bond donors (Lipinski definition) is 1. The maximum Gasteiger partial charge on any atom is 0.139 e. The first-order valence-electron chi connectivity index (χ1n) is 12.3. The van der Waals surface area contributed by atoms with Crippen LogP contribution in [0.15, 0.2) is 30.3 Å². The Kier molecular flexibility index (Phi) is 4.93. The number of carbonyl (C=O) groups is 1. The van der Waals surface area contributed by atoms with Gasteiger partial charge in [0.15, 0.2) is 0 Å². The van der Waals surface area contributed by atoms with Crippen molar-refractivity contribution in [2.24, 2.45) is 34.3 Å². The Morgan fingerprint density at radius 1 is 0.966 bits per heavy atom. The summed E-state index contributed by atoms with van der Waals surface area (Å²) in [6, 6.07) is 11.2. The minimum absolute atomic E-state index is 0.0318. The molecule has 0 radical (unpaired) electrons. The zero-order valence-electron chi connectivity index (χ0n) is 18.3. The molecule has 0 aliphatic heterocycles. The number of ketones is 1. The average molecular weight is 394 g/mol. The molecule has 2 N–H and O–H groups in total. The van der Waals surface area contributed by atoms with Crippen LogP contribution in [0.25, 0.3) is 0 Å². The average Bonchev–Trinajstić information content (AvgIpc) is 2.74. The fraction of sp³-hybridized carbons (Fsp3) is 0.741. The molecular weight excluding hydrogens is 354 g/mol. The Hall–Kier alpha value is -1.15. The van der Waals surface area contributed by atoms with Crippen LogP contribution in [0.2, 0.25) is 0 Å². The third-order valence-electron chi connectivity index (χ3n) is 9.69. The van der Waals surface area contributed by atoms with Gasteiger partial charge in [0.1, 0.15) is 5.78 Å². The molecular formula is C27H39NO. The standard InChI is InChI=1S/C27H39NO/c1-2-25-13-22-14-26(17-25,23-6-4-3-5-7-23)19-27(15-22,18-25)24(29)12-20-8-10-21(16-28)11-9-20/h3-7,20-22H,2,8-19,28H2,1H3. The van der Waals surface area contributed by atoms with Crippen molar-refractivity contribution in [1.29, 1.82) is 0 Å². The van der Waals surface area contributed by atoms with Crippen LogP contribution in [0.1, 0.15) is 89.5 Å². The zero-order valence-corrected chi connectivity index (χ0v) is 18.3. The summed E-state index contributed by atoms with van der Waals surface area (Å²) in [7, 11) is 0. The lowest BCUT2D eigenvalue weighted by Gasteiger charge is -2.66. The van der Waals surface area contributed by atoms with Gasteiger partial charge in [0.2, 0.25) is 0 Å². The topological polar surface area (TPSA) is 43.1 Å². The summed E-state index contributed by atoms with van der Waals surface area (Å²) in [5.74, 6) is 2.70. The van der Waals surface area contributed by atoms with Crippen LogP contribution in [-0.2, 0) is 10.2 Å². The van der Waals surface area contributed by atoms with Gasteiger partial charge in [-0.3, -0.25) is 4.79 Å². The van der Waals surface area contributed by atoms with Crippen LogP contribution in [-0.4, -0.2) is 12.3 Å². The lowest BCUT2D eigenvalue weighted by Crippen LogP contribution is -2.61. The van der Waals surface area contributed by atoms with Gasteiger partial charge in [-0.2, -0.15) is 0 Å². The number of Topliss-reactive ketones (excluding diaryl/α,β-unsaturated/α-hetero) is 1. The third-order valence-corrected chi connectivity index (χ3v) is 9.69. The highest BCUT2D eigenvalue weighted by Crippen LogP contribution is 2.71. The van der Waals surface area contributed by atoms with Crippen molar-refractivity contribution in [2.75, 3.05) is 6.54 Å². The van der Waals surface area contributed by atoms with Gasteiger partial charge in [0.05, 0.1) is 0 Å². The predicted molar refractivity (Wildman–Crippen MR) is 119 cm³/mol. The molecule has 5 fully saturated rings. The summed E-state index contributed by atoms with van der Waals surface area (Å²) >= 11 is 0. The second-order valence-electron chi connectivity index (χ2n) is 11.5. The van der Waals surface area contributed by atoms with Gasteiger partial charge in [-0.15, -0.1) is 0 Å². The van der Waals surface area contributed by atoms with Crippen LogP contribution >= 0.6 is 0 Å². The highest BCUT2D eigenvalue weighted by molar-refractivity contribution is 5.86. The number of benzene rings is 1. The molecule has 158 valence electrons. The molecule has 2 heteroatoms. The SMILES string of the molecule is CCC12CC3CC(C(=O)CC4CCC(CN)CC4)(C1)CC(c1ccccc1)(C3)C2. The second-order valence-corrected chi connectivity index (χ2v) is 11.5. The summed E-state index contributed by atoms with van der Waals surface area (Å²) in [6.45, 7) is 3.21. The molecule has 0 saturated heterocycles. The van der Waals surface area contributed by atoms with Gasteiger partial charge in [-0.25, -0.2) is 0 Å². The Morgan fingerprint density at radius 3 is 2.38 bits per heavy atom. The van der Waals surface area contributed by atoms with E-state index in [2.05, 4.69) is 37.3 Å². The number of rotatable bonds is 6. The van der Waals surface area contributed by atoms with Crippen molar-refractivity contribution in [3.8, 4) is 0 Å². The molecule has 2 nitrogen and oxygen atoms in total. The summed E-state index contributed by atoms with van der Waals surface area (Å²) in [4.78, 5) is 13.9. The molecule has 29 heavy (non-hydrogen) atoms. The minimum Gasteiger partial charge on any atom is -0.330 e. The van der Waals surface area contributed by atoms with E-state index in [9.17, 15) is 4.79 Å². The molecule has 0 aromatic heterocycles. The Balaban J connectivity index is 1.41. The number of hydrogen-bond acceptors (Lipinski definition) is 2. The highest BCUT2D eigenvalue weighted by Gasteiger charge is 2.64. The van der Waals surface area contributed by atoms with Crippen molar-refractivity contribution in [3.05, 3.63) is 35.9 Å². The quantitative estimate of drug-likeness (QED) is 0.641. The molecule has 1 aromatic rings. The molecule has 0 amide bonds. The van der Waals surface area contributed by atoms with Crippen LogP contribution in [0, 0.1) is 28.6 Å². The van der Waals surface area contributed by atoms with Crippen LogP contribution in [0.3, 0.4) is 0 Å². The molecule has 1 aromatic carbocycles. The Morgan fingerprint density at radius 2 is 1.69 bits per heavy atom. The van der Waals surface area contributed by atoms with Gasteiger partial charge in [0.25, 0.3) is 0 Å². The van der Waals surface area contributed by atoms with E-state index in [1.165, 1.54) is 69.8 Å². The fourth-order valence-electron chi connectivity index (χ4n) is 8.61. The van der Waals surface area contributed by atoms with E-state index in [-0.39, 0.29) is 10.8 Å². The van der Waals surface area contributed by atoms with Gasteiger partial charge in [-0.05, 0) is 105 Å². The molecule has 0 heterocycles. The van der Waals surface area contributed by atoms with Gasteiger partial charge < -0.3 is 5.73 Å². The van der Waals surface area contributed by atoms with Crippen molar-refractivity contribution in [1.82, 2.24) is 0 Å². The molecule has 4 atom stereocenters. The first-order valence-corrected chi connectivity index (χ1v) is 12.3. The van der Waals surface area contributed by atoms with E-state index >= 15 is 0 Å². The van der Waals surface area contributed by atoms with Crippen LogP contribution in [0.4, 0.5) is 0 Å². The van der Waals surface area contributed by atoms with E-state index in [1.54, 1.807) is 0 Å². The molecule has 0 spiro atoms. The maximum absolute atomic E-state index is 13.9. The van der Waals surface area contributed by atoms with E-state index in [1.807, 2.05) is 0 Å². The normalized spacial score (nSPS) is 43.4. The largest absolute Gasteiger partial charge is 0.330 e. The highest BCUT2D eigenvalue weighted by atomic mass is 16.1. The van der Waals surface area contributed by atoms with Crippen LogP contribution < -0.4 is 5.73 Å². The van der Waals surface area contributed by atoms with E-state index in [4.69, 9.17) is 5.73 Å². The molecule has 5 saturated carbocycles.